The van der Waals surface area contributed by atoms with Crippen LogP contribution < -0.4 is 5.56 Å². The fourth-order valence-corrected chi connectivity index (χ4v) is 13.2. The molecule has 13 aromatic rings. The van der Waals surface area contributed by atoms with Gasteiger partial charge in [0.25, 0.3) is 5.56 Å². The molecule has 0 amide bonds. The SMILES string of the molecule is C=Cc1c(C=C)c2cccc3c4cc(-c5cccc6c5-c5ccc(-n7c8c(c9ccc%10c%11ccccc%11n(-c%11ccccc%11)c%10c97)CCC=C8)cc5C6(c5ccccc5)c5ccccc5)ccc4n(c1=O)c23. The molecular formula is C68H45N3O. The zero-order valence-electron chi connectivity index (χ0n) is 39.4. The first kappa shape index (κ1) is 40.6. The summed E-state index contributed by atoms with van der Waals surface area (Å²) in [4.78, 5) is 14.3. The van der Waals surface area contributed by atoms with Gasteiger partial charge in [-0.2, -0.15) is 0 Å². The summed E-state index contributed by atoms with van der Waals surface area (Å²) in [5.74, 6) is 0. The van der Waals surface area contributed by atoms with E-state index in [1.807, 2.05) is 4.40 Å². The van der Waals surface area contributed by atoms with Crippen molar-refractivity contribution in [3.8, 4) is 33.6 Å². The van der Waals surface area contributed by atoms with Crippen LogP contribution in [0.5, 0.6) is 0 Å². The summed E-state index contributed by atoms with van der Waals surface area (Å²) in [6.07, 6.45) is 10.1. The summed E-state index contributed by atoms with van der Waals surface area (Å²) >= 11 is 0. The summed E-state index contributed by atoms with van der Waals surface area (Å²) < 4.78 is 6.93. The third-order valence-corrected chi connectivity index (χ3v) is 16.1. The van der Waals surface area contributed by atoms with Crippen molar-refractivity contribution < 1.29 is 0 Å². The smallest absolute Gasteiger partial charge is 0.263 e. The Labute approximate surface area is 415 Å². The van der Waals surface area contributed by atoms with Crippen LogP contribution in [0.25, 0.3) is 112 Å². The molecule has 72 heavy (non-hydrogen) atoms. The lowest BCUT2D eigenvalue weighted by atomic mass is 9.67. The van der Waals surface area contributed by atoms with Gasteiger partial charge in [-0.15, -0.1) is 0 Å². The summed E-state index contributed by atoms with van der Waals surface area (Å²) in [7, 11) is 0. The molecule has 0 fully saturated rings. The first-order chi connectivity index (χ1) is 35.6. The van der Waals surface area contributed by atoms with Crippen molar-refractivity contribution >= 4 is 78.1 Å². The first-order valence-corrected chi connectivity index (χ1v) is 24.9. The standard InChI is InChI=1S/C68H45N3O/c1-3-47-48(4-2)67(72)71-62-39-34-42(40-57(62)53-30-18-29-52(47)64(53)71)49-28-19-31-58-63(49)56-36-35-46(41-59(56)68(58,43-20-8-5-9-21-43)44-22-10-6-11-23-44)70-61-33-17-15-27-51(61)55-38-37-54-50-26-14-16-32-60(50)69(65(54)66(55)70)45-24-12-7-13-25-45/h3-14,16-26,28-41H,1-2,15,27H2. The molecule has 0 spiro atoms. The van der Waals surface area contributed by atoms with Crippen molar-refractivity contribution in [2.75, 3.05) is 0 Å². The monoisotopic (exact) mass is 919 g/mol. The average Bonchev–Trinajstić information content (AvgIpc) is 4.16. The second kappa shape index (κ2) is 15.1. The van der Waals surface area contributed by atoms with E-state index < -0.39 is 5.41 Å². The summed E-state index contributed by atoms with van der Waals surface area (Å²) in [5, 5.41) is 6.84. The number of hydrogen-bond acceptors (Lipinski definition) is 1. The molecule has 0 unspecified atom stereocenters. The average molecular weight is 920 g/mol. The molecule has 4 heteroatoms. The minimum absolute atomic E-state index is 0.0818. The van der Waals surface area contributed by atoms with Crippen LogP contribution in [0.3, 0.4) is 0 Å². The fourth-order valence-electron chi connectivity index (χ4n) is 13.2. The highest BCUT2D eigenvalue weighted by atomic mass is 16.1. The molecule has 0 N–H and O–H groups in total. The molecule has 4 nitrogen and oxygen atoms in total. The molecule has 0 saturated carbocycles. The van der Waals surface area contributed by atoms with Gasteiger partial charge in [-0.3, -0.25) is 9.20 Å². The van der Waals surface area contributed by atoms with E-state index in [9.17, 15) is 4.79 Å². The van der Waals surface area contributed by atoms with Crippen LogP contribution >= 0.6 is 0 Å². The number of pyridine rings is 1. The van der Waals surface area contributed by atoms with Gasteiger partial charge < -0.3 is 9.13 Å². The first-order valence-electron chi connectivity index (χ1n) is 24.9. The number of benzene rings is 9. The Morgan fingerprint density at radius 2 is 1.14 bits per heavy atom. The van der Waals surface area contributed by atoms with Gasteiger partial charge in [0.1, 0.15) is 0 Å². The van der Waals surface area contributed by atoms with E-state index in [2.05, 4.69) is 235 Å². The lowest BCUT2D eigenvalue weighted by Crippen LogP contribution is -2.28. The second-order valence-electron chi connectivity index (χ2n) is 19.4. The third kappa shape index (κ3) is 5.22. The number of hydrogen-bond donors (Lipinski definition) is 0. The highest BCUT2D eigenvalue weighted by Crippen LogP contribution is 2.59. The van der Waals surface area contributed by atoms with Crippen LogP contribution in [-0.4, -0.2) is 13.5 Å². The molecule has 9 aromatic carbocycles. The number of nitrogens with zero attached hydrogens (tertiary/aromatic N) is 3. The Morgan fingerprint density at radius 1 is 0.472 bits per heavy atom. The third-order valence-electron chi connectivity index (χ3n) is 16.1. The van der Waals surface area contributed by atoms with Crippen molar-refractivity contribution in [1.29, 1.82) is 0 Å². The van der Waals surface area contributed by atoms with E-state index in [0.29, 0.717) is 5.56 Å². The minimum Gasteiger partial charge on any atom is -0.308 e. The molecule has 0 saturated heterocycles. The Hall–Kier alpha value is -9.25. The number of aryl methyl sites for hydroxylation is 1. The highest BCUT2D eigenvalue weighted by molar-refractivity contribution is 6.20. The Kier molecular flexibility index (Phi) is 8.53. The molecule has 0 atom stereocenters. The van der Waals surface area contributed by atoms with E-state index in [-0.39, 0.29) is 5.56 Å². The molecular weight excluding hydrogens is 875 g/mol. The van der Waals surface area contributed by atoms with E-state index in [0.717, 1.165) is 68.1 Å². The van der Waals surface area contributed by atoms with E-state index in [4.69, 9.17) is 0 Å². The lowest BCUT2D eigenvalue weighted by molar-refractivity contribution is 0.767. The Bertz CT molecular complexity index is 4510. The fraction of sp³-hybridized carbons (Fsp3) is 0.0441. The molecule has 338 valence electrons. The minimum atomic E-state index is -0.666. The molecule has 2 aliphatic rings. The van der Waals surface area contributed by atoms with Crippen molar-refractivity contribution in [2.45, 2.75) is 18.3 Å². The number of fused-ring (bicyclic) bond motifs is 13. The van der Waals surface area contributed by atoms with Gasteiger partial charge in [0, 0.05) is 54.9 Å². The molecule has 2 aliphatic carbocycles. The maximum atomic E-state index is 14.3. The molecule has 4 heterocycles. The van der Waals surface area contributed by atoms with Crippen LogP contribution in [0.2, 0.25) is 0 Å². The highest BCUT2D eigenvalue weighted by Gasteiger charge is 2.47. The normalized spacial score (nSPS) is 13.7. The van der Waals surface area contributed by atoms with Crippen LogP contribution in [0.15, 0.2) is 224 Å². The van der Waals surface area contributed by atoms with Crippen molar-refractivity contribution in [3.63, 3.8) is 0 Å². The molecule has 15 rings (SSSR count). The van der Waals surface area contributed by atoms with Crippen molar-refractivity contribution in [3.05, 3.63) is 274 Å². The van der Waals surface area contributed by atoms with Gasteiger partial charge in [0.2, 0.25) is 0 Å². The number of para-hydroxylation sites is 3. The zero-order valence-corrected chi connectivity index (χ0v) is 39.4. The maximum absolute atomic E-state index is 14.3. The number of allylic oxidation sites excluding steroid dienone is 1. The largest absolute Gasteiger partial charge is 0.308 e. The number of rotatable bonds is 7. The summed E-state index contributed by atoms with van der Waals surface area (Å²) in [6.45, 7) is 8.14. The van der Waals surface area contributed by atoms with E-state index in [1.165, 1.54) is 77.3 Å². The van der Waals surface area contributed by atoms with Crippen LogP contribution in [-0.2, 0) is 11.8 Å². The Balaban J connectivity index is 1.05. The van der Waals surface area contributed by atoms with E-state index >= 15 is 0 Å². The summed E-state index contributed by atoms with van der Waals surface area (Å²) in [5.41, 5.74) is 20.5. The lowest BCUT2D eigenvalue weighted by Gasteiger charge is -2.34. The maximum Gasteiger partial charge on any atom is 0.263 e. The topological polar surface area (TPSA) is 31.3 Å². The van der Waals surface area contributed by atoms with Crippen LogP contribution in [0, 0.1) is 0 Å². The van der Waals surface area contributed by atoms with E-state index in [1.54, 1.807) is 12.2 Å². The molecule has 0 bridgehead atoms. The van der Waals surface area contributed by atoms with Crippen molar-refractivity contribution in [2.24, 2.45) is 0 Å². The zero-order chi connectivity index (χ0) is 47.8. The van der Waals surface area contributed by atoms with Gasteiger partial charge in [-0.1, -0.05) is 189 Å². The van der Waals surface area contributed by atoms with Crippen molar-refractivity contribution in [1.82, 2.24) is 13.5 Å². The van der Waals surface area contributed by atoms with Gasteiger partial charge in [-0.05, 0) is 117 Å². The van der Waals surface area contributed by atoms with Gasteiger partial charge >= 0.3 is 0 Å². The van der Waals surface area contributed by atoms with Crippen LogP contribution in [0.4, 0.5) is 0 Å². The number of aromatic nitrogens is 3. The van der Waals surface area contributed by atoms with Gasteiger partial charge in [0.15, 0.2) is 0 Å². The molecule has 4 aromatic heterocycles. The van der Waals surface area contributed by atoms with Gasteiger partial charge in [-0.25, -0.2) is 0 Å². The second-order valence-corrected chi connectivity index (χ2v) is 19.4. The van der Waals surface area contributed by atoms with Crippen LogP contribution in [0.1, 0.15) is 51.1 Å². The molecule has 0 radical (unpaired) electrons. The van der Waals surface area contributed by atoms with Gasteiger partial charge in [0.05, 0.1) is 33.0 Å². The predicted molar refractivity (Wildman–Crippen MR) is 301 cm³/mol. The molecule has 0 aliphatic heterocycles. The quantitative estimate of drug-likeness (QED) is 0.157. The predicted octanol–water partition coefficient (Wildman–Crippen LogP) is 16.4. The Morgan fingerprint density at radius 3 is 1.92 bits per heavy atom. The summed E-state index contributed by atoms with van der Waals surface area (Å²) in [6, 6.07) is 73.7.